The lowest BCUT2D eigenvalue weighted by Gasteiger charge is -2.26. The number of halogens is 1. The van der Waals surface area contributed by atoms with Crippen molar-refractivity contribution < 1.29 is 0 Å². The smallest absolute Gasteiger partial charge is 0.148 e. The first kappa shape index (κ1) is 12.8. The van der Waals surface area contributed by atoms with Crippen molar-refractivity contribution in [2.75, 3.05) is 25.0 Å². The molecule has 100 valence electrons. The van der Waals surface area contributed by atoms with Crippen LogP contribution in [0.2, 0.25) is 5.02 Å². The van der Waals surface area contributed by atoms with Crippen LogP contribution in [-0.4, -0.2) is 34.5 Å². The van der Waals surface area contributed by atoms with Gasteiger partial charge in [0.25, 0.3) is 0 Å². The molecule has 2 aromatic heterocycles. The highest BCUT2D eigenvalue weighted by molar-refractivity contribution is 7.10. The van der Waals surface area contributed by atoms with Gasteiger partial charge in [-0.05, 0) is 23.4 Å². The first-order valence-corrected chi connectivity index (χ1v) is 7.55. The Morgan fingerprint density at radius 1 is 1.47 bits per heavy atom. The van der Waals surface area contributed by atoms with E-state index in [1.165, 1.54) is 18.3 Å². The second kappa shape index (κ2) is 5.86. The lowest BCUT2D eigenvalue weighted by Crippen LogP contribution is -2.33. The number of hydrogen-bond acceptors (Lipinski definition) is 5. The Balaban J connectivity index is 1.50. The second-order valence-electron chi connectivity index (χ2n) is 4.54. The first-order valence-electron chi connectivity index (χ1n) is 6.30. The van der Waals surface area contributed by atoms with E-state index in [1.54, 1.807) is 11.1 Å². The van der Waals surface area contributed by atoms with Gasteiger partial charge >= 0.3 is 0 Å². The molecule has 0 bridgehead atoms. The summed E-state index contributed by atoms with van der Waals surface area (Å²) in [5, 5.41) is 6.01. The van der Waals surface area contributed by atoms with Crippen LogP contribution in [0.15, 0.2) is 24.0 Å². The lowest BCUT2D eigenvalue weighted by atomic mass is 10.1. The number of nitrogens with one attached hydrogen (secondary N) is 1. The molecule has 0 unspecified atom stereocenters. The molecule has 0 saturated heterocycles. The van der Waals surface area contributed by atoms with Gasteiger partial charge in [-0.3, -0.25) is 4.90 Å². The van der Waals surface area contributed by atoms with Crippen molar-refractivity contribution in [3.63, 3.8) is 0 Å². The molecule has 3 rings (SSSR count). The third kappa shape index (κ3) is 3.05. The summed E-state index contributed by atoms with van der Waals surface area (Å²) in [6.07, 6.45) is 4.28. The Morgan fingerprint density at radius 2 is 2.42 bits per heavy atom. The number of fused-ring (bicyclic) bond motifs is 1. The lowest BCUT2D eigenvalue weighted by molar-refractivity contribution is 0.266. The van der Waals surface area contributed by atoms with Gasteiger partial charge in [-0.1, -0.05) is 11.6 Å². The monoisotopic (exact) mass is 294 g/mol. The van der Waals surface area contributed by atoms with Gasteiger partial charge in [-0.2, -0.15) is 0 Å². The zero-order valence-corrected chi connectivity index (χ0v) is 12.0. The minimum atomic E-state index is 0.571. The highest BCUT2D eigenvalue weighted by Crippen LogP contribution is 2.23. The molecule has 4 nitrogen and oxygen atoms in total. The molecule has 0 saturated carbocycles. The quantitative estimate of drug-likeness (QED) is 0.941. The molecular weight excluding hydrogens is 280 g/mol. The van der Waals surface area contributed by atoms with Crippen LogP contribution in [0.3, 0.4) is 0 Å². The third-order valence-corrected chi connectivity index (χ3v) is 4.57. The predicted octanol–water partition coefficient (Wildman–Crippen LogP) is 2.66. The Morgan fingerprint density at radius 3 is 3.32 bits per heavy atom. The SMILES string of the molecule is Clc1cncnc1NCCN1CCc2sccc2C1. The molecule has 2 aromatic rings. The topological polar surface area (TPSA) is 41.1 Å². The van der Waals surface area contributed by atoms with Gasteiger partial charge in [0.1, 0.15) is 17.2 Å². The normalized spacial score (nSPS) is 15.2. The minimum Gasteiger partial charge on any atom is -0.367 e. The summed E-state index contributed by atoms with van der Waals surface area (Å²) < 4.78 is 0. The number of anilines is 1. The zero-order valence-electron chi connectivity index (χ0n) is 10.5. The fourth-order valence-electron chi connectivity index (χ4n) is 2.27. The molecule has 1 N–H and O–H groups in total. The fourth-order valence-corrected chi connectivity index (χ4v) is 3.33. The second-order valence-corrected chi connectivity index (χ2v) is 5.95. The van der Waals surface area contributed by atoms with Crippen molar-refractivity contribution in [2.45, 2.75) is 13.0 Å². The van der Waals surface area contributed by atoms with Gasteiger partial charge in [0, 0.05) is 31.1 Å². The maximum atomic E-state index is 6.00. The number of thiophene rings is 1. The van der Waals surface area contributed by atoms with Gasteiger partial charge < -0.3 is 5.32 Å². The summed E-state index contributed by atoms with van der Waals surface area (Å²) in [5.41, 5.74) is 1.48. The van der Waals surface area contributed by atoms with Gasteiger partial charge in [0.15, 0.2) is 0 Å². The van der Waals surface area contributed by atoms with E-state index in [0.29, 0.717) is 10.8 Å². The molecular formula is C13H15ClN4S. The molecule has 1 aliphatic rings. The number of rotatable bonds is 4. The molecule has 0 aromatic carbocycles. The van der Waals surface area contributed by atoms with E-state index in [4.69, 9.17) is 11.6 Å². The number of hydrogen-bond donors (Lipinski definition) is 1. The van der Waals surface area contributed by atoms with Crippen LogP contribution in [0, 0.1) is 0 Å². The molecule has 1 aliphatic heterocycles. The predicted molar refractivity (Wildman–Crippen MR) is 78.8 cm³/mol. The van der Waals surface area contributed by atoms with Crippen molar-refractivity contribution in [2.24, 2.45) is 0 Å². The van der Waals surface area contributed by atoms with Crippen molar-refractivity contribution in [1.29, 1.82) is 0 Å². The Hall–Kier alpha value is -1.17. The Labute approximate surface area is 121 Å². The molecule has 0 spiro atoms. The summed E-state index contributed by atoms with van der Waals surface area (Å²) in [4.78, 5) is 12.0. The van der Waals surface area contributed by atoms with Crippen molar-refractivity contribution in [3.05, 3.63) is 39.4 Å². The van der Waals surface area contributed by atoms with Crippen LogP contribution < -0.4 is 5.32 Å². The zero-order chi connectivity index (χ0) is 13.1. The van der Waals surface area contributed by atoms with Crippen molar-refractivity contribution in [1.82, 2.24) is 14.9 Å². The van der Waals surface area contributed by atoms with E-state index in [-0.39, 0.29) is 0 Å². The summed E-state index contributed by atoms with van der Waals surface area (Å²) >= 11 is 7.87. The van der Waals surface area contributed by atoms with E-state index >= 15 is 0 Å². The van der Waals surface area contributed by atoms with E-state index in [9.17, 15) is 0 Å². The molecule has 0 atom stereocenters. The van der Waals surface area contributed by atoms with E-state index in [2.05, 4.69) is 31.6 Å². The van der Waals surface area contributed by atoms with Gasteiger partial charge in [-0.25, -0.2) is 9.97 Å². The summed E-state index contributed by atoms with van der Waals surface area (Å²) in [6.45, 7) is 4.02. The standard InChI is InChI=1S/C13H15ClN4S/c14-11-7-15-9-17-13(11)16-3-5-18-4-1-12-10(8-18)2-6-19-12/h2,6-7,9H,1,3-5,8H2,(H,15,16,17). The summed E-state index contributed by atoms with van der Waals surface area (Å²) in [7, 11) is 0. The highest BCUT2D eigenvalue weighted by atomic mass is 35.5. The summed E-state index contributed by atoms with van der Waals surface area (Å²) in [5.74, 6) is 0.713. The Bertz CT molecular complexity index is 557. The maximum absolute atomic E-state index is 6.00. The molecule has 0 amide bonds. The molecule has 0 aliphatic carbocycles. The number of nitrogens with zero attached hydrogens (tertiary/aromatic N) is 3. The highest BCUT2D eigenvalue weighted by Gasteiger charge is 2.16. The van der Waals surface area contributed by atoms with Gasteiger partial charge in [0.2, 0.25) is 0 Å². The largest absolute Gasteiger partial charge is 0.367 e. The molecule has 19 heavy (non-hydrogen) atoms. The van der Waals surface area contributed by atoms with Crippen LogP contribution in [0.1, 0.15) is 10.4 Å². The third-order valence-electron chi connectivity index (χ3n) is 3.27. The number of aromatic nitrogens is 2. The molecule has 0 radical (unpaired) electrons. The van der Waals surface area contributed by atoms with Crippen LogP contribution in [0.25, 0.3) is 0 Å². The summed E-state index contributed by atoms with van der Waals surface area (Å²) in [6, 6.07) is 2.24. The molecule has 3 heterocycles. The average Bonchev–Trinajstić information content (AvgIpc) is 2.88. The average molecular weight is 295 g/mol. The van der Waals surface area contributed by atoms with E-state index < -0.39 is 0 Å². The van der Waals surface area contributed by atoms with Crippen LogP contribution in [0.5, 0.6) is 0 Å². The van der Waals surface area contributed by atoms with Crippen LogP contribution in [0.4, 0.5) is 5.82 Å². The molecule has 6 heteroatoms. The van der Waals surface area contributed by atoms with Gasteiger partial charge in [-0.15, -0.1) is 11.3 Å². The van der Waals surface area contributed by atoms with E-state index in [1.807, 2.05) is 11.3 Å². The van der Waals surface area contributed by atoms with E-state index in [0.717, 1.165) is 26.2 Å². The fraction of sp³-hybridized carbons (Fsp3) is 0.385. The maximum Gasteiger partial charge on any atom is 0.148 e. The molecule has 0 fully saturated rings. The minimum absolute atomic E-state index is 0.571. The van der Waals surface area contributed by atoms with Gasteiger partial charge in [0.05, 0.1) is 6.20 Å². The van der Waals surface area contributed by atoms with Crippen LogP contribution >= 0.6 is 22.9 Å². The van der Waals surface area contributed by atoms with Crippen molar-refractivity contribution >= 4 is 28.8 Å². The Kier molecular flexibility index (Phi) is 3.96. The van der Waals surface area contributed by atoms with Crippen molar-refractivity contribution in [3.8, 4) is 0 Å². The van der Waals surface area contributed by atoms with Crippen LogP contribution in [-0.2, 0) is 13.0 Å². The first-order chi connectivity index (χ1) is 9.33.